The molecule has 0 aliphatic carbocycles. The van der Waals surface area contributed by atoms with E-state index in [1.807, 2.05) is 45.0 Å². The number of nitrogens with zero attached hydrogens (tertiary/aromatic N) is 2. The largest absolute Gasteiger partial charge is 0.494 e. The van der Waals surface area contributed by atoms with Crippen LogP contribution in [-0.4, -0.2) is 16.6 Å². The Morgan fingerprint density at radius 2 is 1.70 bits per heavy atom. The maximum absolute atomic E-state index is 5.86. The summed E-state index contributed by atoms with van der Waals surface area (Å²) >= 11 is 0. The van der Waals surface area contributed by atoms with E-state index in [0.29, 0.717) is 36.3 Å². The van der Waals surface area contributed by atoms with Crippen LogP contribution >= 0.6 is 0 Å². The number of benzene rings is 1. The summed E-state index contributed by atoms with van der Waals surface area (Å²) < 4.78 is 11.2. The zero-order valence-electron chi connectivity index (χ0n) is 12.0. The molecule has 0 radical (unpaired) electrons. The number of hydrogen-bond acceptors (Lipinski definition) is 5. The SMILES string of the molecule is CCOc1ccc(Oc2nc(CC)nc(N)c2C)cc1. The highest BCUT2D eigenvalue weighted by molar-refractivity contribution is 5.46. The fourth-order valence-corrected chi connectivity index (χ4v) is 1.70. The van der Waals surface area contributed by atoms with E-state index >= 15 is 0 Å². The van der Waals surface area contributed by atoms with Crippen LogP contribution in [0.25, 0.3) is 0 Å². The summed E-state index contributed by atoms with van der Waals surface area (Å²) in [6.45, 7) is 6.41. The molecule has 106 valence electrons. The van der Waals surface area contributed by atoms with Crippen LogP contribution in [0.15, 0.2) is 24.3 Å². The molecule has 0 aliphatic heterocycles. The molecule has 0 saturated heterocycles. The summed E-state index contributed by atoms with van der Waals surface area (Å²) in [6, 6.07) is 7.40. The Balaban J connectivity index is 2.22. The van der Waals surface area contributed by atoms with Crippen LogP contribution in [0.3, 0.4) is 0 Å². The van der Waals surface area contributed by atoms with Crippen molar-refractivity contribution in [2.24, 2.45) is 0 Å². The monoisotopic (exact) mass is 273 g/mol. The molecule has 0 spiro atoms. The van der Waals surface area contributed by atoms with Crippen molar-refractivity contribution < 1.29 is 9.47 Å². The predicted octanol–water partition coefficient (Wildman–Crippen LogP) is 3.12. The highest BCUT2D eigenvalue weighted by atomic mass is 16.5. The van der Waals surface area contributed by atoms with Crippen molar-refractivity contribution in [2.75, 3.05) is 12.3 Å². The first-order valence-electron chi connectivity index (χ1n) is 6.67. The van der Waals surface area contributed by atoms with Crippen LogP contribution in [-0.2, 0) is 6.42 Å². The van der Waals surface area contributed by atoms with Crippen molar-refractivity contribution in [3.63, 3.8) is 0 Å². The summed E-state index contributed by atoms with van der Waals surface area (Å²) in [4.78, 5) is 8.56. The molecule has 1 aromatic heterocycles. The summed E-state index contributed by atoms with van der Waals surface area (Å²) in [5.41, 5.74) is 6.61. The predicted molar refractivity (Wildman–Crippen MR) is 78.2 cm³/mol. The highest BCUT2D eigenvalue weighted by Gasteiger charge is 2.10. The van der Waals surface area contributed by atoms with Crippen molar-refractivity contribution >= 4 is 5.82 Å². The zero-order valence-corrected chi connectivity index (χ0v) is 12.0. The van der Waals surface area contributed by atoms with Gasteiger partial charge in [0.15, 0.2) is 0 Å². The highest BCUT2D eigenvalue weighted by Crippen LogP contribution is 2.27. The lowest BCUT2D eigenvalue weighted by molar-refractivity contribution is 0.339. The second-order valence-corrected chi connectivity index (χ2v) is 4.32. The first-order valence-corrected chi connectivity index (χ1v) is 6.67. The molecule has 2 rings (SSSR count). The zero-order chi connectivity index (χ0) is 14.5. The van der Waals surface area contributed by atoms with E-state index in [1.54, 1.807) is 0 Å². The van der Waals surface area contributed by atoms with E-state index in [2.05, 4.69) is 9.97 Å². The van der Waals surface area contributed by atoms with Crippen LogP contribution in [0.1, 0.15) is 25.2 Å². The van der Waals surface area contributed by atoms with E-state index in [-0.39, 0.29) is 0 Å². The molecular formula is C15H19N3O2. The first kappa shape index (κ1) is 14.1. The second kappa shape index (κ2) is 6.23. The fraction of sp³-hybridized carbons (Fsp3) is 0.333. The van der Waals surface area contributed by atoms with Crippen molar-refractivity contribution in [3.05, 3.63) is 35.7 Å². The Kier molecular flexibility index (Phi) is 4.40. The number of hydrogen-bond donors (Lipinski definition) is 1. The van der Waals surface area contributed by atoms with Crippen molar-refractivity contribution in [1.82, 2.24) is 9.97 Å². The van der Waals surface area contributed by atoms with Crippen molar-refractivity contribution in [2.45, 2.75) is 27.2 Å². The van der Waals surface area contributed by atoms with Gasteiger partial charge in [0.1, 0.15) is 23.1 Å². The lowest BCUT2D eigenvalue weighted by Crippen LogP contribution is -2.04. The molecule has 5 heteroatoms. The number of aromatic nitrogens is 2. The third-order valence-corrected chi connectivity index (χ3v) is 2.85. The number of nitrogen functional groups attached to an aromatic ring is 1. The van der Waals surface area contributed by atoms with E-state index < -0.39 is 0 Å². The molecule has 0 amide bonds. The van der Waals surface area contributed by atoms with Crippen LogP contribution in [0, 0.1) is 6.92 Å². The second-order valence-electron chi connectivity index (χ2n) is 4.32. The minimum Gasteiger partial charge on any atom is -0.494 e. The minimum absolute atomic E-state index is 0.456. The average Bonchev–Trinajstić information content (AvgIpc) is 2.46. The van der Waals surface area contributed by atoms with Gasteiger partial charge in [-0.25, -0.2) is 4.98 Å². The molecule has 0 atom stereocenters. The average molecular weight is 273 g/mol. The van der Waals surface area contributed by atoms with E-state index in [4.69, 9.17) is 15.2 Å². The Bertz CT molecular complexity index is 582. The van der Waals surface area contributed by atoms with Gasteiger partial charge in [0, 0.05) is 6.42 Å². The maximum Gasteiger partial charge on any atom is 0.227 e. The molecule has 5 nitrogen and oxygen atoms in total. The Morgan fingerprint density at radius 1 is 1.05 bits per heavy atom. The first-order chi connectivity index (χ1) is 9.63. The van der Waals surface area contributed by atoms with Gasteiger partial charge in [0.2, 0.25) is 5.88 Å². The molecule has 1 aromatic carbocycles. The number of rotatable bonds is 5. The Morgan fingerprint density at radius 3 is 2.30 bits per heavy atom. The van der Waals surface area contributed by atoms with Gasteiger partial charge in [-0.05, 0) is 38.1 Å². The quantitative estimate of drug-likeness (QED) is 0.906. The van der Waals surface area contributed by atoms with Gasteiger partial charge in [0.05, 0.1) is 12.2 Å². The van der Waals surface area contributed by atoms with Crippen LogP contribution < -0.4 is 15.2 Å². The van der Waals surface area contributed by atoms with Crippen molar-refractivity contribution in [3.8, 4) is 17.4 Å². The lowest BCUT2D eigenvalue weighted by atomic mass is 10.3. The maximum atomic E-state index is 5.86. The van der Waals surface area contributed by atoms with Crippen molar-refractivity contribution in [1.29, 1.82) is 0 Å². The number of ether oxygens (including phenoxy) is 2. The summed E-state index contributed by atoms with van der Waals surface area (Å²) in [7, 11) is 0. The van der Waals surface area contributed by atoms with E-state index in [9.17, 15) is 0 Å². The van der Waals surface area contributed by atoms with Crippen LogP contribution in [0.2, 0.25) is 0 Å². The molecule has 0 bridgehead atoms. The van der Waals surface area contributed by atoms with E-state index in [0.717, 1.165) is 11.3 Å². The van der Waals surface area contributed by atoms with Gasteiger partial charge < -0.3 is 15.2 Å². The molecule has 0 unspecified atom stereocenters. The summed E-state index contributed by atoms with van der Waals surface area (Å²) in [5.74, 6) is 3.13. The Labute approximate surface area is 118 Å². The summed E-state index contributed by atoms with van der Waals surface area (Å²) in [5, 5.41) is 0. The Hall–Kier alpha value is -2.30. The third-order valence-electron chi connectivity index (χ3n) is 2.85. The topological polar surface area (TPSA) is 70.3 Å². The lowest BCUT2D eigenvalue weighted by Gasteiger charge is -2.11. The van der Waals surface area contributed by atoms with Crippen LogP contribution in [0.5, 0.6) is 17.4 Å². The molecule has 20 heavy (non-hydrogen) atoms. The molecule has 1 heterocycles. The van der Waals surface area contributed by atoms with Gasteiger partial charge in [-0.3, -0.25) is 0 Å². The van der Waals surface area contributed by atoms with Gasteiger partial charge in [-0.2, -0.15) is 4.98 Å². The fourth-order valence-electron chi connectivity index (χ4n) is 1.70. The standard InChI is InChI=1S/C15H19N3O2/c1-4-13-17-14(16)10(3)15(18-13)20-12-8-6-11(7-9-12)19-5-2/h6-9H,4-5H2,1-3H3,(H2,16,17,18). The minimum atomic E-state index is 0.456. The number of nitrogens with two attached hydrogens (primary N) is 1. The van der Waals surface area contributed by atoms with Gasteiger partial charge in [0.25, 0.3) is 0 Å². The third kappa shape index (κ3) is 3.17. The normalized spacial score (nSPS) is 10.3. The smallest absolute Gasteiger partial charge is 0.227 e. The number of anilines is 1. The van der Waals surface area contributed by atoms with Gasteiger partial charge in [-0.1, -0.05) is 6.92 Å². The van der Waals surface area contributed by atoms with E-state index in [1.165, 1.54) is 0 Å². The molecule has 0 saturated carbocycles. The molecule has 2 N–H and O–H groups in total. The molecule has 0 aliphatic rings. The summed E-state index contributed by atoms with van der Waals surface area (Å²) in [6.07, 6.45) is 0.712. The van der Waals surface area contributed by atoms with Gasteiger partial charge in [-0.15, -0.1) is 0 Å². The van der Waals surface area contributed by atoms with Crippen LogP contribution in [0.4, 0.5) is 5.82 Å². The molecular weight excluding hydrogens is 254 g/mol. The molecule has 0 fully saturated rings. The van der Waals surface area contributed by atoms with Gasteiger partial charge >= 0.3 is 0 Å². The molecule has 2 aromatic rings. The number of aryl methyl sites for hydroxylation is 1.